The highest BCUT2D eigenvalue weighted by molar-refractivity contribution is 9.10. The van der Waals surface area contributed by atoms with Crippen molar-refractivity contribution < 1.29 is 4.79 Å². The number of aromatic nitrogens is 2. The first-order chi connectivity index (χ1) is 13.4. The predicted octanol–water partition coefficient (Wildman–Crippen LogP) is 5.40. The average molecular weight is 481 g/mol. The number of aryl methyl sites for hydroxylation is 1. The molecule has 0 saturated heterocycles. The Kier molecular flexibility index (Phi) is 6.88. The van der Waals surface area contributed by atoms with Gasteiger partial charge in [-0.15, -0.1) is 0 Å². The molecule has 0 unspecified atom stereocenters. The molecule has 28 heavy (non-hydrogen) atoms. The van der Waals surface area contributed by atoms with Crippen LogP contribution in [0.4, 0.5) is 5.69 Å². The van der Waals surface area contributed by atoms with Crippen molar-refractivity contribution in [3.63, 3.8) is 0 Å². The number of carbonyl (C=O) groups is 1. The van der Waals surface area contributed by atoms with Gasteiger partial charge in [-0.25, -0.2) is 4.68 Å². The molecule has 0 aliphatic heterocycles. The molecule has 0 spiro atoms. The van der Waals surface area contributed by atoms with E-state index >= 15 is 0 Å². The first-order valence-corrected chi connectivity index (χ1v) is 10.1. The van der Waals surface area contributed by atoms with Crippen molar-refractivity contribution in [1.82, 2.24) is 9.78 Å². The number of hydrogen-bond donors (Lipinski definition) is 1. The Bertz CT molecular complexity index is 1030. The second-order valence-electron chi connectivity index (χ2n) is 6.10. The Labute approximate surface area is 180 Å². The number of rotatable bonds is 6. The SMILES string of the molecule is O=C(CCCn1nc(-c2ccc(Br)cc2)ccc1=O)Nc1cc(Cl)cc(Cl)c1. The van der Waals surface area contributed by atoms with Crippen molar-refractivity contribution in [1.29, 1.82) is 0 Å². The number of anilines is 1. The first kappa shape index (κ1) is 20.6. The molecule has 1 aromatic heterocycles. The summed E-state index contributed by atoms with van der Waals surface area (Å²) in [4.78, 5) is 24.2. The van der Waals surface area contributed by atoms with Crippen molar-refractivity contribution in [3.8, 4) is 11.3 Å². The lowest BCUT2D eigenvalue weighted by Gasteiger charge is -2.08. The summed E-state index contributed by atoms with van der Waals surface area (Å²) in [6.45, 7) is 0.340. The zero-order valence-corrected chi connectivity index (χ0v) is 17.8. The Morgan fingerprint density at radius 2 is 1.71 bits per heavy atom. The van der Waals surface area contributed by atoms with Gasteiger partial charge in [-0.2, -0.15) is 5.10 Å². The largest absolute Gasteiger partial charge is 0.326 e. The Balaban J connectivity index is 1.61. The highest BCUT2D eigenvalue weighted by atomic mass is 79.9. The molecule has 0 aliphatic carbocycles. The van der Waals surface area contributed by atoms with E-state index in [1.807, 2.05) is 24.3 Å². The van der Waals surface area contributed by atoms with Crippen LogP contribution in [0.15, 0.2) is 63.9 Å². The molecule has 144 valence electrons. The quantitative estimate of drug-likeness (QED) is 0.513. The molecule has 1 amide bonds. The van der Waals surface area contributed by atoms with Crippen molar-refractivity contribution in [3.05, 3.63) is 79.5 Å². The number of nitrogens with zero attached hydrogens (tertiary/aromatic N) is 2. The minimum Gasteiger partial charge on any atom is -0.326 e. The van der Waals surface area contributed by atoms with Gasteiger partial charge in [0.25, 0.3) is 5.56 Å². The number of halogens is 3. The molecule has 1 heterocycles. The molecule has 1 N–H and O–H groups in total. The van der Waals surface area contributed by atoms with E-state index in [0.717, 1.165) is 10.0 Å². The average Bonchev–Trinajstić information content (AvgIpc) is 2.63. The summed E-state index contributed by atoms with van der Waals surface area (Å²) in [7, 11) is 0. The van der Waals surface area contributed by atoms with Gasteiger partial charge >= 0.3 is 0 Å². The van der Waals surface area contributed by atoms with E-state index in [4.69, 9.17) is 23.2 Å². The van der Waals surface area contributed by atoms with Gasteiger partial charge in [-0.05, 0) is 42.8 Å². The lowest BCUT2D eigenvalue weighted by molar-refractivity contribution is -0.116. The highest BCUT2D eigenvalue weighted by Gasteiger charge is 2.07. The van der Waals surface area contributed by atoms with Crippen LogP contribution in [0.25, 0.3) is 11.3 Å². The maximum Gasteiger partial charge on any atom is 0.266 e. The van der Waals surface area contributed by atoms with Crippen LogP contribution < -0.4 is 10.9 Å². The molecule has 0 atom stereocenters. The van der Waals surface area contributed by atoms with Gasteiger partial charge in [0.2, 0.25) is 5.91 Å². The van der Waals surface area contributed by atoms with E-state index in [-0.39, 0.29) is 17.9 Å². The lowest BCUT2D eigenvalue weighted by Crippen LogP contribution is -2.23. The van der Waals surface area contributed by atoms with Gasteiger partial charge in [0.05, 0.1) is 5.69 Å². The van der Waals surface area contributed by atoms with Crippen molar-refractivity contribution in [2.75, 3.05) is 5.32 Å². The van der Waals surface area contributed by atoms with Crippen LogP contribution in [0.2, 0.25) is 10.0 Å². The van der Waals surface area contributed by atoms with Crippen LogP contribution in [-0.2, 0) is 11.3 Å². The maximum absolute atomic E-state index is 12.1. The fraction of sp³-hybridized carbons (Fsp3) is 0.150. The first-order valence-electron chi connectivity index (χ1n) is 8.51. The lowest BCUT2D eigenvalue weighted by atomic mass is 10.1. The Morgan fingerprint density at radius 1 is 1.04 bits per heavy atom. The number of amides is 1. The molecule has 3 aromatic rings. The summed E-state index contributed by atoms with van der Waals surface area (Å²) in [5.74, 6) is -0.185. The maximum atomic E-state index is 12.1. The summed E-state index contributed by atoms with van der Waals surface area (Å²) in [6.07, 6.45) is 0.706. The zero-order chi connectivity index (χ0) is 20.1. The van der Waals surface area contributed by atoms with Gasteiger partial charge in [0, 0.05) is 44.8 Å². The third kappa shape index (κ3) is 5.67. The topological polar surface area (TPSA) is 64.0 Å². The van der Waals surface area contributed by atoms with Gasteiger partial charge < -0.3 is 5.32 Å². The molecule has 0 saturated carbocycles. The van der Waals surface area contributed by atoms with Crippen LogP contribution >= 0.6 is 39.1 Å². The molecule has 5 nitrogen and oxygen atoms in total. The number of hydrogen-bond acceptors (Lipinski definition) is 3. The van der Waals surface area contributed by atoms with Crippen molar-refractivity contribution in [2.24, 2.45) is 0 Å². The van der Waals surface area contributed by atoms with Gasteiger partial charge in [-0.1, -0.05) is 51.3 Å². The normalized spacial score (nSPS) is 10.7. The fourth-order valence-corrected chi connectivity index (χ4v) is 3.41. The Hall–Kier alpha value is -2.15. The van der Waals surface area contributed by atoms with E-state index in [1.54, 1.807) is 24.3 Å². The third-order valence-corrected chi connectivity index (χ3v) is 4.89. The predicted molar refractivity (Wildman–Crippen MR) is 116 cm³/mol. The van der Waals surface area contributed by atoms with E-state index < -0.39 is 0 Å². The minimum atomic E-state index is -0.206. The van der Waals surface area contributed by atoms with Gasteiger partial charge in [-0.3, -0.25) is 9.59 Å². The molecule has 3 rings (SSSR count). The van der Waals surface area contributed by atoms with Crippen molar-refractivity contribution in [2.45, 2.75) is 19.4 Å². The monoisotopic (exact) mass is 479 g/mol. The number of carbonyl (C=O) groups excluding carboxylic acids is 1. The van der Waals surface area contributed by atoms with Gasteiger partial charge in [0.1, 0.15) is 0 Å². The van der Waals surface area contributed by atoms with Crippen molar-refractivity contribution >= 4 is 50.7 Å². The summed E-state index contributed by atoms with van der Waals surface area (Å²) in [5.41, 5.74) is 1.94. The van der Waals surface area contributed by atoms with Gasteiger partial charge in [0.15, 0.2) is 0 Å². The molecular weight excluding hydrogens is 465 g/mol. The second kappa shape index (κ2) is 9.37. The van der Waals surface area contributed by atoms with Crippen LogP contribution in [0.1, 0.15) is 12.8 Å². The number of nitrogens with one attached hydrogen (secondary N) is 1. The second-order valence-corrected chi connectivity index (χ2v) is 7.89. The van der Waals surface area contributed by atoms with E-state index in [0.29, 0.717) is 34.4 Å². The van der Waals surface area contributed by atoms with E-state index in [2.05, 4.69) is 26.3 Å². The molecule has 2 aromatic carbocycles. The zero-order valence-electron chi connectivity index (χ0n) is 14.7. The molecular formula is C20H16BrCl2N3O2. The summed E-state index contributed by atoms with van der Waals surface area (Å²) in [5, 5.41) is 8.04. The standard InChI is InChI=1S/C20H16BrCl2N3O2/c21-14-5-3-13(4-6-14)18-7-8-20(28)26(25-18)9-1-2-19(27)24-17-11-15(22)10-16(23)12-17/h3-8,10-12H,1-2,9H2,(H,24,27). The summed E-state index contributed by atoms with van der Waals surface area (Å²) >= 11 is 15.2. The minimum absolute atomic E-state index is 0.185. The highest BCUT2D eigenvalue weighted by Crippen LogP contribution is 2.22. The molecule has 0 radical (unpaired) electrons. The van der Waals surface area contributed by atoms with E-state index in [9.17, 15) is 9.59 Å². The number of benzene rings is 2. The molecule has 8 heteroatoms. The molecule has 0 aliphatic rings. The third-order valence-electron chi connectivity index (χ3n) is 3.93. The van der Waals surface area contributed by atoms with E-state index in [1.165, 1.54) is 10.7 Å². The smallest absolute Gasteiger partial charge is 0.266 e. The summed E-state index contributed by atoms with van der Waals surface area (Å²) in [6, 6.07) is 15.7. The van der Waals surface area contributed by atoms with Crippen LogP contribution in [-0.4, -0.2) is 15.7 Å². The fourth-order valence-electron chi connectivity index (χ4n) is 2.62. The summed E-state index contributed by atoms with van der Waals surface area (Å²) < 4.78 is 2.34. The molecule has 0 bridgehead atoms. The van der Waals surface area contributed by atoms with Crippen LogP contribution in [0, 0.1) is 0 Å². The van der Waals surface area contributed by atoms with Crippen LogP contribution in [0.5, 0.6) is 0 Å². The van der Waals surface area contributed by atoms with Crippen LogP contribution in [0.3, 0.4) is 0 Å². The Morgan fingerprint density at radius 3 is 2.39 bits per heavy atom. The molecule has 0 fully saturated rings.